The summed E-state index contributed by atoms with van der Waals surface area (Å²) in [5.41, 5.74) is 1.87. The second kappa shape index (κ2) is 5.46. The van der Waals surface area contributed by atoms with E-state index in [1.807, 2.05) is 0 Å². The highest BCUT2D eigenvalue weighted by molar-refractivity contribution is 6.33. The number of nitrogens with zero attached hydrogens (tertiary/aromatic N) is 3. The van der Waals surface area contributed by atoms with Crippen molar-refractivity contribution in [3.05, 3.63) is 65.1 Å². The average Bonchev–Trinajstić information content (AvgIpc) is 2.92. The van der Waals surface area contributed by atoms with Crippen molar-refractivity contribution in [3.8, 4) is 16.9 Å². The number of aromatic nitrogens is 3. The van der Waals surface area contributed by atoms with Crippen molar-refractivity contribution in [3.63, 3.8) is 0 Å². The lowest BCUT2D eigenvalue weighted by Gasteiger charge is -2.08. The summed E-state index contributed by atoms with van der Waals surface area (Å²) in [7, 11) is 0. The van der Waals surface area contributed by atoms with Gasteiger partial charge in [0.25, 0.3) is 0 Å². The number of rotatable bonds is 3. The zero-order valence-corrected chi connectivity index (χ0v) is 11.5. The van der Waals surface area contributed by atoms with Crippen molar-refractivity contribution in [2.45, 2.75) is 0 Å². The van der Waals surface area contributed by atoms with Crippen LogP contribution in [0.5, 0.6) is 0 Å². The Morgan fingerprint density at radius 2 is 1.81 bits per heavy atom. The molecular formula is C15H9ClFN3O. The van der Waals surface area contributed by atoms with Gasteiger partial charge >= 0.3 is 0 Å². The second-order valence-corrected chi connectivity index (χ2v) is 4.72. The van der Waals surface area contributed by atoms with Crippen molar-refractivity contribution >= 4 is 17.9 Å². The first-order valence-corrected chi connectivity index (χ1v) is 6.50. The molecule has 3 aromatic rings. The van der Waals surface area contributed by atoms with Crippen LogP contribution in [0.25, 0.3) is 16.9 Å². The molecule has 3 rings (SSSR count). The Hall–Kier alpha value is -2.53. The van der Waals surface area contributed by atoms with Crippen molar-refractivity contribution in [1.29, 1.82) is 0 Å². The van der Waals surface area contributed by atoms with Gasteiger partial charge in [0.2, 0.25) is 0 Å². The molecule has 0 bridgehead atoms. The van der Waals surface area contributed by atoms with Crippen LogP contribution in [0.4, 0.5) is 4.39 Å². The molecule has 1 heterocycles. The standard InChI is InChI=1S/C15H9ClFN3O/c16-13-4-2-1-3-12(13)15-14(9-21)18-19-20(15)11-7-5-10(17)6-8-11/h1-9H. The molecule has 1 aromatic heterocycles. The van der Waals surface area contributed by atoms with Gasteiger partial charge in [0.15, 0.2) is 12.0 Å². The maximum absolute atomic E-state index is 13.0. The quantitative estimate of drug-likeness (QED) is 0.695. The summed E-state index contributed by atoms with van der Waals surface area (Å²) in [4.78, 5) is 11.2. The van der Waals surface area contributed by atoms with Gasteiger partial charge < -0.3 is 0 Å². The predicted octanol–water partition coefficient (Wildman–Crippen LogP) is 3.54. The number of aldehydes is 1. The number of carbonyl (C=O) groups excluding carboxylic acids is 1. The molecule has 0 spiro atoms. The van der Waals surface area contributed by atoms with Crippen LogP contribution >= 0.6 is 11.6 Å². The third-order valence-corrected chi connectivity index (χ3v) is 3.34. The molecule has 0 saturated heterocycles. The first-order valence-electron chi connectivity index (χ1n) is 6.12. The van der Waals surface area contributed by atoms with Crippen LogP contribution in [0, 0.1) is 5.82 Å². The molecule has 0 N–H and O–H groups in total. The van der Waals surface area contributed by atoms with Crippen LogP contribution in [0.3, 0.4) is 0 Å². The highest BCUT2D eigenvalue weighted by Gasteiger charge is 2.17. The SMILES string of the molecule is O=Cc1nnn(-c2ccc(F)cc2)c1-c1ccccc1Cl. The summed E-state index contributed by atoms with van der Waals surface area (Å²) in [5.74, 6) is -0.353. The Morgan fingerprint density at radius 3 is 2.48 bits per heavy atom. The van der Waals surface area contributed by atoms with E-state index >= 15 is 0 Å². The molecule has 0 fully saturated rings. The smallest absolute Gasteiger partial charge is 0.172 e. The van der Waals surface area contributed by atoms with Gasteiger partial charge in [0, 0.05) is 5.56 Å². The zero-order chi connectivity index (χ0) is 14.8. The summed E-state index contributed by atoms with van der Waals surface area (Å²) >= 11 is 6.18. The van der Waals surface area contributed by atoms with E-state index in [0.29, 0.717) is 28.3 Å². The minimum Gasteiger partial charge on any atom is -0.296 e. The molecular weight excluding hydrogens is 293 g/mol. The molecule has 4 nitrogen and oxygen atoms in total. The Morgan fingerprint density at radius 1 is 1.10 bits per heavy atom. The van der Waals surface area contributed by atoms with Gasteiger partial charge in [-0.3, -0.25) is 4.79 Å². The predicted molar refractivity (Wildman–Crippen MR) is 77.2 cm³/mol. The van der Waals surface area contributed by atoms with E-state index in [2.05, 4.69) is 10.3 Å². The highest BCUT2D eigenvalue weighted by atomic mass is 35.5. The topological polar surface area (TPSA) is 47.8 Å². The van der Waals surface area contributed by atoms with Crippen LogP contribution in [-0.4, -0.2) is 21.3 Å². The monoisotopic (exact) mass is 301 g/mol. The largest absolute Gasteiger partial charge is 0.296 e. The summed E-state index contributed by atoms with van der Waals surface area (Å²) in [6.07, 6.45) is 0.617. The summed E-state index contributed by atoms with van der Waals surface area (Å²) in [6, 6.07) is 12.8. The van der Waals surface area contributed by atoms with Gasteiger partial charge in [-0.1, -0.05) is 35.0 Å². The van der Waals surface area contributed by atoms with Gasteiger partial charge in [-0.25, -0.2) is 9.07 Å². The molecule has 104 valence electrons. The zero-order valence-electron chi connectivity index (χ0n) is 10.7. The van der Waals surface area contributed by atoms with Crippen molar-refractivity contribution in [2.24, 2.45) is 0 Å². The van der Waals surface area contributed by atoms with E-state index in [-0.39, 0.29) is 11.5 Å². The minimum atomic E-state index is -0.353. The number of benzene rings is 2. The maximum Gasteiger partial charge on any atom is 0.172 e. The van der Waals surface area contributed by atoms with Crippen LogP contribution < -0.4 is 0 Å². The van der Waals surface area contributed by atoms with E-state index in [9.17, 15) is 9.18 Å². The van der Waals surface area contributed by atoms with Gasteiger partial charge in [-0.2, -0.15) is 0 Å². The molecule has 2 aromatic carbocycles. The third-order valence-electron chi connectivity index (χ3n) is 3.01. The lowest BCUT2D eigenvalue weighted by atomic mass is 10.1. The number of hydrogen-bond donors (Lipinski definition) is 0. The van der Waals surface area contributed by atoms with E-state index in [4.69, 9.17) is 11.6 Å². The molecule has 0 atom stereocenters. The number of hydrogen-bond acceptors (Lipinski definition) is 3. The fourth-order valence-electron chi connectivity index (χ4n) is 2.04. The van der Waals surface area contributed by atoms with Crippen molar-refractivity contribution in [2.75, 3.05) is 0 Å². The summed E-state index contributed by atoms with van der Waals surface area (Å²) in [6.45, 7) is 0. The maximum atomic E-state index is 13.0. The molecule has 21 heavy (non-hydrogen) atoms. The summed E-state index contributed by atoms with van der Waals surface area (Å²) in [5, 5.41) is 8.28. The lowest BCUT2D eigenvalue weighted by Crippen LogP contribution is -2.00. The van der Waals surface area contributed by atoms with Crippen LogP contribution in [0.15, 0.2) is 48.5 Å². The fraction of sp³-hybridized carbons (Fsp3) is 0. The fourth-order valence-corrected chi connectivity index (χ4v) is 2.27. The third kappa shape index (κ3) is 2.43. The van der Waals surface area contributed by atoms with Gasteiger partial charge in [0.1, 0.15) is 11.5 Å². The lowest BCUT2D eigenvalue weighted by molar-refractivity contribution is 0.111. The van der Waals surface area contributed by atoms with E-state index in [1.165, 1.54) is 16.8 Å². The molecule has 0 amide bonds. The summed E-state index contributed by atoms with van der Waals surface area (Å²) < 4.78 is 14.5. The van der Waals surface area contributed by atoms with E-state index in [0.717, 1.165) is 0 Å². The van der Waals surface area contributed by atoms with E-state index < -0.39 is 0 Å². The molecule has 0 unspecified atom stereocenters. The van der Waals surface area contributed by atoms with Gasteiger partial charge in [-0.05, 0) is 30.3 Å². The first-order chi connectivity index (χ1) is 10.2. The van der Waals surface area contributed by atoms with Crippen molar-refractivity contribution in [1.82, 2.24) is 15.0 Å². The van der Waals surface area contributed by atoms with E-state index in [1.54, 1.807) is 36.4 Å². The first kappa shape index (κ1) is 13.5. The Bertz CT molecular complexity index is 799. The average molecular weight is 302 g/mol. The number of halogens is 2. The number of carbonyl (C=O) groups is 1. The minimum absolute atomic E-state index is 0.174. The molecule has 0 aliphatic carbocycles. The van der Waals surface area contributed by atoms with Crippen LogP contribution in [0.2, 0.25) is 5.02 Å². The second-order valence-electron chi connectivity index (χ2n) is 4.31. The molecule has 0 aliphatic rings. The highest BCUT2D eigenvalue weighted by Crippen LogP contribution is 2.30. The van der Waals surface area contributed by atoms with Crippen LogP contribution in [0.1, 0.15) is 10.5 Å². The molecule has 0 radical (unpaired) electrons. The van der Waals surface area contributed by atoms with Gasteiger partial charge in [-0.15, -0.1) is 5.10 Å². The Kier molecular flexibility index (Phi) is 3.50. The van der Waals surface area contributed by atoms with Crippen molar-refractivity contribution < 1.29 is 9.18 Å². The molecule has 6 heteroatoms. The normalized spacial score (nSPS) is 10.6. The molecule has 0 aliphatic heterocycles. The van der Waals surface area contributed by atoms with Gasteiger partial charge in [0.05, 0.1) is 10.7 Å². The Balaban J connectivity index is 2.24. The van der Waals surface area contributed by atoms with Crippen LogP contribution in [-0.2, 0) is 0 Å². The molecule has 0 saturated carbocycles. The Labute approximate surface area is 124 Å².